The van der Waals surface area contributed by atoms with Crippen molar-refractivity contribution in [3.05, 3.63) is 46.8 Å². The molecule has 0 saturated heterocycles. The number of aryl methyl sites for hydroxylation is 1. The molecular weight excluding hydrogens is 366 g/mol. The molecule has 2 heterocycles. The molecule has 1 aliphatic rings. The fraction of sp³-hybridized carbons (Fsp3) is 0.389. The molecule has 2 N–H and O–H groups in total. The summed E-state index contributed by atoms with van der Waals surface area (Å²) < 4.78 is 28.4. The predicted octanol–water partition coefficient (Wildman–Crippen LogP) is 1.22. The SMILES string of the molecule is Cc1nn([C@H](C)CNC(=O)CN=C2NS(=O)(=O)c3ccccc32)c(C)c1C. The molecule has 0 aliphatic carbocycles. The van der Waals surface area contributed by atoms with Crippen molar-refractivity contribution in [1.82, 2.24) is 19.8 Å². The molecule has 3 rings (SSSR count). The minimum absolute atomic E-state index is 0.000266. The average molecular weight is 389 g/mol. The lowest BCUT2D eigenvalue weighted by Gasteiger charge is -2.15. The first-order chi connectivity index (χ1) is 12.7. The number of amides is 1. The lowest BCUT2D eigenvalue weighted by atomic mass is 10.2. The van der Waals surface area contributed by atoms with Crippen molar-refractivity contribution in [3.8, 4) is 0 Å². The van der Waals surface area contributed by atoms with Crippen molar-refractivity contribution in [2.24, 2.45) is 4.99 Å². The summed E-state index contributed by atoms with van der Waals surface area (Å²) in [5.41, 5.74) is 3.68. The minimum atomic E-state index is -3.60. The quantitative estimate of drug-likeness (QED) is 0.802. The first kappa shape index (κ1) is 19.1. The topological polar surface area (TPSA) is 105 Å². The van der Waals surface area contributed by atoms with Gasteiger partial charge in [-0.25, -0.2) is 8.42 Å². The van der Waals surface area contributed by atoms with Gasteiger partial charge in [-0.15, -0.1) is 0 Å². The Morgan fingerprint density at radius 3 is 2.67 bits per heavy atom. The van der Waals surface area contributed by atoms with Crippen LogP contribution in [-0.2, 0) is 14.8 Å². The van der Waals surface area contributed by atoms with Crippen molar-refractivity contribution in [2.45, 2.75) is 38.6 Å². The molecule has 1 aliphatic heterocycles. The highest BCUT2D eigenvalue weighted by Crippen LogP contribution is 2.22. The van der Waals surface area contributed by atoms with E-state index in [1.807, 2.05) is 32.4 Å². The molecule has 0 saturated carbocycles. The van der Waals surface area contributed by atoms with E-state index in [0.29, 0.717) is 12.1 Å². The number of carbonyl (C=O) groups is 1. The Kier molecular flexibility index (Phi) is 5.05. The van der Waals surface area contributed by atoms with E-state index in [9.17, 15) is 13.2 Å². The maximum atomic E-state index is 12.1. The van der Waals surface area contributed by atoms with Crippen LogP contribution in [0, 0.1) is 20.8 Å². The monoisotopic (exact) mass is 389 g/mol. The molecular formula is C18H23N5O3S. The Balaban J connectivity index is 1.62. The van der Waals surface area contributed by atoms with Gasteiger partial charge < -0.3 is 5.32 Å². The summed E-state index contributed by atoms with van der Waals surface area (Å²) in [6.07, 6.45) is 0. The van der Waals surface area contributed by atoms with Gasteiger partial charge in [0.15, 0.2) is 0 Å². The van der Waals surface area contributed by atoms with Crippen molar-refractivity contribution < 1.29 is 13.2 Å². The number of nitrogens with zero attached hydrogens (tertiary/aromatic N) is 3. The van der Waals surface area contributed by atoms with E-state index < -0.39 is 10.0 Å². The number of amidine groups is 1. The average Bonchev–Trinajstić information content (AvgIpc) is 3.06. The van der Waals surface area contributed by atoms with Gasteiger partial charge >= 0.3 is 0 Å². The highest BCUT2D eigenvalue weighted by Gasteiger charge is 2.30. The van der Waals surface area contributed by atoms with E-state index in [2.05, 4.69) is 20.1 Å². The molecule has 1 atom stereocenters. The zero-order valence-electron chi connectivity index (χ0n) is 15.8. The normalized spacial score (nSPS) is 17.4. The first-order valence-corrected chi connectivity index (χ1v) is 10.1. The van der Waals surface area contributed by atoms with Crippen LogP contribution in [0.4, 0.5) is 0 Å². The molecule has 0 radical (unpaired) electrons. The van der Waals surface area contributed by atoms with E-state index in [0.717, 1.165) is 17.0 Å². The van der Waals surface area contributed by atoms with Crippen LogP contribution in [-0.4, -0.2) is 43.0 Å². The number of sulfonamides is 1. The summed E-state index contributed by atoms with van der Waals surface area (Å²) in [5, 5.41) is 7.32. The van der Waals surface area contributed by atoms with Gasteiger partial charge in [-0.05, 0) is 45.4 Å². The second-order valence-electron chi connectivity index (χ2n) is 6.66. The van der Waals surface area contributed by atoms with E-state index in [4.69, 9.17) is 0 Å². The fourth-order valence-electron chi connectivity index (χ4n) is 2.98. The molecule has 2 aromatic rings. The third-order valence-corrected chi connectivity index (χ3v) is 6.14. The van der Waals surface area contributed by atoms with Gasteiger partial charge in [0, 0.05) is 17.8 Å². The van der Waals surface area contributed by atoms with Crippen LogP contribution in [0.5, 0.6) is 0 Å². The highest BCUT2D eigenvalue weighted by molar-refractivity contribution is 7.90. The zero-order chi connectivity index (χ0) is 19.8. The number of hydrogen-bond donors (Lipinski definition) is 2. The lowest BCUT2D eigenvalue weighted by Crippen LogP contribution is -2.32. The molecule has 0 fully saturated rings. The molecule has 8 nitrogen and oxygen atoms in total. The molecule has 0 unspecified atom stereocenters. The Labute approximate surface area is 158 Å². The predicted molar refractivity (Wildman–Crippen MR) is 102 cm³/mol. The summed E-state index contributed by atoms with van der Waals surface area (Å²) in [6.45, 7) is 8.22. The molecule has 1 amide bonds. The summed E-state index contributed by atoms with van der Waals surface area (Å²) in [7, 11) is -3.60. The lowest BCUT2D eigenvalue weighted by molar-refractivity contribution is -0.119. The molecule has 144 valence electrons. The summed E-state index contributed by atoms with van der Waals surface area (Å²) in [4.78, 5) is 16.5. The Hall–Kier alpha value is -2.68. The molecule has 27 heavy (non-hydrogen) atoms. The van der Waals surface area contributed by atoms with Gasteiger partial charge in [0.2, 0.25) is 5.91 Å². The van der Waals surface area contributed by atoms with Crippen LogP contribution in [0.3, 0.4) is 0 Å². The van der Waals surface area contributed by atoms with Crippen molar-refractivity contribution in [1.29, 1.82) is 0 Å². The van der Waals surface area contributed by atoms with Gasteiger partial charge in [0.1, 0.15) is 12.4 Å². The van der Waals surface area contributed by atoms with Crippen molar-refractivity contribution in [3.63, 3.8) is 0 Å². The number of aliphatic imine (C=N–C) groups is 1. The molecule has 0 bridgehead atoms. The molecule has 9 heteroatoms. The number of aromatic nitrogens is 2. The second kappa shape index (κ2) is 7.15. The van der Waals surface area contributed by atoms with Crippen molar-refractivity contribution >= 4 is 21.8 Å². The zero-order valence-corrected chi connectivity index (χ0v) is 16.6. The van der Waals surface area contributed by atoms with Gasteiger partial charge in [0.25, 0.3) is 10.0 Å². The fourth-order valence-corrected chi connectivity index (χ4v) is 4.23. The van der Waals surface area contributed by atoms with Gasteiger partial charge in [-0.2, -0.15) is 5.10 Å². The largest absolute Gasteiger partial charge is 0.352 e. The smallest absolute Gasteiger partial charge is 0.263 e. The van der Waals surface area contributed by atoms with Gasteiger partial charge in [-0.3, -0.25) is 19.2 Å². The van der Waals surface area contributed by atoms with Gasteiger partial charge in [-0.1, -0.05) is 12.1 Å². The Bertz CT molecular complexity index is 1020. The van der Waals surface area contributed by atoms with E-state index in [-0.39, 0.29) is 29.2 Å². The highest BCUT2D eigenvalue weighted by atomic mass is 32.2. The molecule has 1 aromatic heterocycles. The van der Waals surface area contributed by atoms with Crippen LogP contribution < -0.4 is 10.0 Å². The van der Waals surface area contributed by atoms with E-state index >= 15 is 0 Å². The second-order valence-corrected chi connectivity index (χ2v) is 8.31. The third-order valence-electron chi connectivity index (χ3n) is 4.74. The summed E-state index contributed by atoms with van der Waals surface area (Å²) >= 11 is 0. The number of benzene rings is 1. The van der Waals surface area contributed by atoms with E-state index in [1.54, 1.807) is 18.2 Å². The molecule has 0 spiro atoms. The van der Waals surface area contributed by atoms with Crippen LogP contribution in [0.15, 0.2) is 34.2 Å². The summed E-state index contributed by atoms with van der Waals surface area (Å²) in [6, 6.07) is 6.56. The number of fused-ring (bicyclic) bond motifs is 1. The number of rotatable bonds is 5. The molecule has 1 aromatic carbocycles. The van der Waals surface area contributed by atoms with Gasteiger partial charge in [0.05, 0.1) is 16.6 Å². The van der Waals surface area contributed by atoms with Crippen LogP contribution in [0.25, 0.3) is 0 Å². The third kappa shape index (κ3) is 3.73. The van der Waals surface area contributed by atoms with Crippen LogP contribution in [0.1, 0.15) is 35.5 Å². The Morgan fingerprint density at radius 1 is 1.30 bits per heavy atom. The number of nitrogens with one attached hydrogen (secondary N) is 2. The minimum Gasteiger partial charge on any atom is -0.352 e. The van der Waals surface area contributed by atoms with Crippen LogP contribution in [0.2, 0.25) is 0 Å². The Morgan fingerprint density at radius 2 is 2.00 bits per heavy atom. The van der Waals surface area contributed by atoms with E-state index in [1.165, 1.54) is 6.07 Å². The first-order valence-electron chi connectivity index (χ1n) is 8.66. The maximum absolute atomic E-state index is 12.1. The standard InChI is InChI=1S/C18H23N5O3S/c1-11(23-14(4)12(2)13(3)21-23)9-19-17(24)10-20-18-15-7-5-6-8-16(15)27(25,26)22-18/h5-8,11H,9-10H2,1-4H3,(H,19,24)(H,20,22)/t11-/m1/s1. The number of carbonyl (C=O) groups excluding carboxylic acids is 1. The number of hydrogen-bond acceptors (Lipinski definition) is 5. The maximum Gasteiger partial charge on any atom is 0.263 e. The van der Waals surface area contributed by atoms with Crippen molar-refractivity contribution in [2.75, 3.05) is 13.1 Å². The summed E-state index contributed by atoms with van der Waals surface area (Å²) in [5.74, 6) is -0.0841. The van der Waals surface area contributed by atoms with Crippen LogP contribution >= 0.6 is 0 Å².